The highest BCUT2D eigenvalue weighted by atomic mass is 16.6. The maximum absolute atomic E-state index is 12.0. The van der Waals surface area contributed by atoms with Crippen molar-refractivity contribution in [1.29, 1.82) is 0 Å². The van der Waals surface area contributed by atoms with E-state index >= 15 is 0 Å². The van der Waals surface area contributed by atoms with Crippen LogP contribution in [0.4, 0.5) is 0 Å². The Labute approximate surface area is 129 Å². The van der Waals surface area contributed by atoms with Crippen LogP contribution in [0.1, 0.15) is 11.9 Å². The lowest BCUT2D eigenvalue weighted by Crippen LogP contribution is -2.55. The van der Waals surface area contributed by atoms with Gasteiger partial charge in [-0.2, -0.15) is 0 Å². The quantitative estimate of drug-likeness (QED) is 0.474. The van der Waals surface area contributed by atoms with Gasteiger partial charge < -0.3 is 34.7 Å². The summed E-state index contributed by atoms with van der Waals surface area (Å²) < 4.78 is 10.4. The molecule has 124 valence electrons. The van der Waals surface area contributed by atoms with Crippen molar-refractivity contribution >= 4 is 10.8 Å². The van der Waals surface area contributed by atoms with Crippen LogP contribution in [0.25, 0.3) is 10.8 Å². The second-order valence-corrected chi connectivity index (χ2v) is 5.43. The molecule has 2 aromatic rings. The van der Waals surface area contributed by atoms with E-state index < -0.39 is 42.8 Å². The highest BCUT2D eigenvalue weighted by Gasteiger charge is 2.45. The molecule has 3 rings (SSSR count). The first-order valence-corrected chi connectivity index (χ1v) is 7.00. The molecule has 0 bridgehead atoms. The van der Waals surface area contributed by atoms with Crippen LogP contribution in [0.3, 0.4) is 0 Å². The molecule has 1 aromatic heterocycles. The lowest BCUT2D eigenvalue weighted by molar-refractivity contribution is -0.235. The Bertz CT molecular complexity index is 768. The fraction of sp³-hybridized carbons (Fsp3) is 0.400. The molecule has 1 aliphatic rings. The second-order valence-electron chi connectivity index (χ2n) is 5.43. The molecule has 23 heavy (non-hydrogen) atoms. The summed E-state index contributed by atoms with van der Waals surface area (Å²) in [5, 5.41) is 48.9. The van der Waals surface area contributed by atoms with Crippen molar-refractivity contribution in [1.82, 2.24) is 0 Å². The SMILES string of the molecule is O=c1oc([C@@H]2O[C@H](CO)[C@@H](O)[C@H](O)[C@H]2O)cc2cccc(O)c12. The Morgan fingerprint density at radius 3 is 2.52 bits per heavy atom. The molecule has 0 saturated carbocycles. The number of phenolic OH excluding ortho intramolecular Hbond substituents is 1. The van der Waals surface area contributed by atoms with Gasteiger partial charge in [0.1, 0.15) is 47.4 Å². The van der Waals surface area contributed by atoms with E-state index in [0.717, 1.165) is 0 Å². The molecule has 1 saturated heterocycles. The third kappa shape index (κ3) is 2.60. The first kappa shape index (κ1) is 15.9. The number of rotatable bonds is 2. The van der Waals surface area contributed by atoms with E-state index in [-0.39, 0.29) is 16.9 Å². The van der Waals surface area contributed by atoms with Gasteiger partial charge in [0.15, 0.2) is 0 Å². The van der Waals surface area contributed by atoms with Crippen molar-refractivity contribution in [3.63, 3.8) is 0 Å². The molecular formula is C15H16O8. The summed E-state index contributed by atoms with van der Waals surface area (Å²) in [6, 6.07) is 5.84. The second kappa shape index (κ2) is 5.91. The first-order chi connectivity index (χ1) is 10.9. The van der Waals surface area contributed by atoms with Gasteiger partial charge in [-0.15, -0.1) is 0 Å². The van der Waals surface area contributed by atoms with Gasteiger partial charge >= 0.3 is 5.63 Å². The number of hydrogen-bond donors (Lipinski definition) is 5. The monoisotopic (exact) mass is 324 g/mol. The first-order valence-electron chi connectivity index (χ1n) is 7.00. The number of fused-ring (bicyclic) bond motifs is 1. The van der Waals surface area contributed by atoms with Gasteiger partial charge in [-0.05, 0) is 17.5 Å². The molecule has 1 aromatic carbocycles. The minimum absolute atomic E-state index is 0.0131. The molecule has 0 amide bonds. The topological polar surface area (TPSA) is 141 Å². The van der Waals surface area contributed by atoms with E-state index in [1.54, 1.807) is 6.07 Å². The Morgan fingerprint density at radius 2 is 1.83 bits per heavy atom. The molecule has 0 spiro atoms. The fourth-order valence-corrected chi connectivity index (χ4v) is 2.72. The number of benzene rings is 1. The highest BCUT2D eigenvalue weighted by Crippen LogP contribution is 2.33. The standard InChI is InChI=1S/C15H16O8/c16-5-9-11(18)12(19)13(20)14(22-9)8-4-6-2-1-3-7(17)10(6)15(21)23-8/h1-4,9,11-14,16-20H,5H2/t9-,11-,12+,13-,14+/m1/s1. The molecule has 5 atom stereocenters. The summed E-state index contributed by atoms with van der Waals surface area (Å²) in [7, 11) is 0. The summed E-state index contributed by atoms with van der Waals surface area (Å²) >= 11 is 0. The van der Waals surface area contributed by atoms with Crippen LogP contribution in [0.2, 0.25) is 0 Å². The van der Waals surface area contributed by atoms with Gasteiger partial charge in [0.25, 0.3) is 0 Å². The lowest BCUT2D eigenvalue weighted by atomic mass is 9.93. The zero-order valence-electron chi connectivity index (χ0n) is 11.9. The van der Waals surface area contributed by atoms with Crippen LogP contribution in [0.15, 0.2) is 33.5 Å². The molecule has 1 aliphatic heterocycles. The van der Waals surface area contributed by atoms with Crippen molar-refractivity contribution in [3.8, 4) is 5.75 Å². The summed E-state index contributed by atoms with van der Waals surface area (Å²) in [6.07, 6.45) is -6.97. The smallest absolute Gasteiger partial charge is 0.347 e. The molecule has 2 heterocycles. The van der Waals surface area contributed by atoms with Crippen LogP contribution >= 0.6 is 0 Å². The summed E-state index contributed by atoms with van der Waals surface area (Å²) in [5.74, 6) is -0.318. The van der Waals surface area contributed by atoms with Gasteiger partial charge in [-0.25, -0.2) is 4.79 Å². The zero-order chi connectivity index (χ0) is 16.7. The van der Waals surface area contributed by atoms with Crippen LogP contribution in [0.5, 0.6) is 5.75 Å². The fourth-order valence-electron chi connectivity index (χ4n) is 2.72. The van der Waals surface area contributed by atoms with E-state index in [0.29, 0.717) is 5.39 Å². The molecular weight excluding hydrogens is 308 g/mol. The van der Waals surface area contributed by atoms with Gasteiger partial charge in [0.2, 0.25) is 0 Å². The number of aliphatic hydroxyl groups is 4. The van der Waals surface area contributed by atoms with E-state index in [1.165, 1.54) is 18.2 Å². The predicted octanol–water partition coefficient (Wildman–Crippen LogP) is -0.987. The summed E-state index contributed by atoms with van der Waals surface area (Å²) in [4.78, 5) is 12.0. The molecule has 0 unspecified atom stereocenters. The molecule has 1 fully saturated rings. The van der Waals surface area contributed by atoms with Gasteiger partial charge in [0.05, 0.1) is 6.61 Å². The third-order valence-electron chi connectivity index (χ3n) is 3.96. The molecule has 8 heteroatoms. The lowest BCUT2D eigenvalue weighted by Gasteiger charge is -2.39. The van der Waals surface area contributed by atoms with Crippen LogP contribution in [0, 0.1) is 0 Å². The minimum atomic E-state index is -1.57. The Kier molecular flexibility index (Phi) is 4.09. The van der Waals surface area contributed by atoms with Gasteiger partial charge in [0, 0.05) is 0 Å². The Morgan fingerprint density at radius 1 is 1.09 bits per heavy atom. The number of aliphatic hydroxyl groups excluding tert-OH is 4. The van der Waals surface area contributed by atoms with Crippen LogP contribution < -0.4 is 5.63 Å². The molecule has 0 radical (unpaired) electrons. The average molecular weight is 324 g/mol. The number of ether oxygens (including phenoxy) is 1. The maximum atomic E-state index is 12.0. The molecule has 8 nitrogen and oxygen atoms in total. The summed E-state index contributed by atoms with van der Waals surface area (Å²) in [5.41, 5.74) is -0.826. The van der Waals surface area contributed by atoms with Gasteiger partial charge in [-0.1, -0.05) is 12.1 Å². The van der Waals surface area contributed by atoms with Crippen molar-refractivity contribution in [2.24, 2.45) is 0 Å². The Balaban J connectivity index is 2.07. The average Bonchev–Trinajstić information content (AvgIpc) is 2.52. The van der Waals surface area contributed by atoms with Crippen molar-refractivity contribution < 1.29 is 34.7 Å². The Hall–Kier alpha value is -1.97. The zero-order valence-corrected chi connectivity index (χ0v) is 11.9. The predicted molar refractivity (Wildman–Crippen MR) is 76.9 cm³/mol. The maximum Gasteiger partial charge on any atom is 0.347 e. The highest BCUT2D eigenvalue weighted by molar-refractivity contribution is 5.86. The number of hydrogen-bond acceptors (Lipinski definition) is 8. The van der Waals surface area contributed by atoms with E-state index in [9.17, 15) is 30.3 Å². The van der Waals surface area contributed by atoms with Crippen molar-refractivity contribution in [2.75, 3.05) is 6.61 Å². The van der Waals surface area contributed by atoms with E-state index in [1.807, 2.05) is 0 Å². The largest absolute Gasteiger partial charge is 0.507 e. The van der Waals surface area contributed by atoms with Gasteiger partial charge in [-0.3, -0.25) is 0 Å². The minimum Gasteiger partial charge on any atom is -0.507 e. The third-order valence-corrected chi connectivity index (χ3v) is 3.96. The number of phenols is 1. The molecule has 0 aliphatic carbocycles. The van der Waals surface area contributed by atoms with Crippen LogP contribution in [-0.4, -0.2) is 56.6 Å². The number of aromatic hydroxyl groups is 1. The van der Waals surface area contributed by atoms with Crippen LogP contribution in [-0.2, 0) is 4.74 Å². The summed E-state index contributed by atoms with van der Waals surface area (Å²) in [6.45, 7) is -0.583. The normalized spacial score (nSPS) is 31.4. The van der Waals surface area contributed by atoms with E-state index in [2.05, 4.69) is 0 Å². The van der Waals surface area contributed by atoms with E-state index in [4.69, 9.17) is 9.15 Å². The van der Waals surface area contributed by atoms with Crippen molar-refractivity contribution in [3.05, 3.63) is 40.4 Å². The molecule has 5 N–H and O–H groups in total. The van der Waals surface area contributed by atoms with Crippen molar-refractivity contribution in [2.45, 2.75) is 30.5 Å².